The van der Waals surface area contributed by atoms with Crippen molar-refractivity contribution in [2.24, 2.45) is 0 Å². The summed E-state index contributed by atoms with van der Waals surface area (Å²) < 4.78 is 11.4. The van der Waals surface area contributed by atoms with Gasteiger partial charge in [0, 0.05) is 17.7 Å². The second-order valence-electron chi connectivity index (χ2n) is 7.43. The first-order chi connectivity index (χ1) is 15.2. The third-order valence-electron chi connectivity index (χ3n) is 5.29. The van der Waals surface area contributed by atoms with Crippen LogP contribution in [0.15, 0.2) is 65.4 Å². The zero-order chi connectivity index (χ0) is 21.2. The number of ether oxygens (including phenoxy) is 1. The number of amides is 1. The van der Waals surface area contributed by atoms with Crippen LogP contribution in [-0.4, -0.2) is 45.1 Å². The van der Waals surface area contributed by atoms with Crippen molar-refractivity contribution in [3.8, 4) is 17.3 Å². The van der Waals surface area contributed by atoms with Gasteiger partial charge in [-0.3, -0.25) is 4.79 Å². The van der Waals surface area contributed by atoms with Crippen molar-refractivity contribution in [3.63, 3.8) is 0 Å². The van der Waals surface area contributed by atoms with Gasteiger partial charge in [-0.2, -0.15) is 0 Å². The van der Waals surface area contributed by atoms with Crippen molar-refractivity contribution in [2.45, 2.75) is 18.9 Å². The number of hydrogen-bond acceptors (Lipinski definition) is 6. The molecule has 5 rings (SSSR count). The summed E-state index contributed by atoms with van der Waals surface area (Å²) in [6.07, 6.45) is 4.49. The molecule has 1 aliphatic heterocycles. The minimum atomic E-state index is -0.168. The number of halogens is 1. The number of carbonyl (C=O) groups is 1. The van der Waals surface area contributed by atoms with Crippen LogP contribution >= 0.6 is 11.6 Å². The predicted octanol–water partition coefficient (Wildman–Crippen LogP) is 4.62. The van der Waals surface area contributed by atoms with Crippen molar-refractivity contribution >= 4 is 28.4 Å². The molecule has 1 saturated heterocycles. The van der Waals surface area contributed by atoms with E-state index in [2.05, 4.69) is 15.1 Å². The number of carbonyl (C=O) groups excluding carboxylic acids is 1. The summed E-state index contributed by atoms with van der Waals surface area (Å²) in [5.41, 5.74) is 2.23. The van der Waals surface area contributed by atoms with Crippen LogP contribution in [0.5, 0.6) is 6.01 Å². The molecule has 0 bridgehead atoms. The van der Waals surface area contributed by atoms with Crippen molar-refractivity contribution in [2.75, 3.05) is 13.1 Å². The number of benzene rings is 2. The van der Waals surface area contributed by atoms with Crippen LogP contribution < -0.4 is 4.74 Å². The highest BCUT2D eigenvalue weighted by Crippen LogP contribution is 2.30. The highest BCUT2D eigenvalue weighted by Gasteiger charge is 2.27. The summed E-state index contributed by atoms with van der Waals surface area (Å²) in [5.74, 6) is 0.609. The van der Waals surface area contributed by atoms with Crippen LogP contribution in [0.3, 0.4) is 0 Å². The van der Waals surface area contributed by atoms with E-state index >= 15 is 0 Å². The fourth-order valence-electron chi connectivity index (χ4n) is 3.78. The Morgan fingerprint density at radius 2 is 1.94 bits per heavy atom. The second kappa shape index (κ2) is 8.35. The molecule has 7 nitrogen and oxygen atoms in total. The molecule has 0 saturated carbocycles. The summed E-state index contributed by atoms with van der Waals surface area (Å²) in [5, 5.41) is 5.40. The van der Waals surface area contributed by atoms with Crippen molar-refractivity contribution < 1.29 is 14.1 Å². The smallest absolute Gasteiger partial charge is 0.316 e. The van der Waals surface area contributed by atoms with E-state index in [9.17, 15) is 4.79 Å². The SMILES string of the molecule is O=C(c1ccc2noc(-c3ccccc3)c2c1)N1CCC[C@H](Oc2ncc(Cl)cn2)C1. The van der Waals surface area contributed by atoms with E-state index in [0.29, 0.717) is 29.4 Å². The van der Waals surface area contributed by atoms with E-state index in [1.165, 1.54) is 12.4 Å². The molecular formula is C23H19ClN4O3. The standard InChI is InChI=1S/C23H19ClN4O3/c24-17-12-25-23(26-13-17)30-18-7-4-10-28(14-18)22(29)16-8-9-20-19(11-16)21(31-27-20)15-5-2-1-3-6-15/h1-3,5-6,8-9,11-13,18H,4,7,10,14H2/t18-/m0/s1. The van der Waals surface area contributed by atoms with Crippen LogP contribution in [0.1, 0.15) is 23.2 Å². The number of fused-ring (bicyclic) bond motifs is 1. The number of piperidine rings is 1. The lowest BCUT2D eigenvalue weighted by molar-refractivity contribution is 0.0516. The largest absolute Gasteiger partial charge is 0.458 e. The van der Waals surface area contributed by atoms with Crippen molar-refractivity contribution in [3.05, 3.63) is 71.5 Å². The highest BCUT2D eigenvalue weighted by molar-refractivity contribution is 6.30. The van der Waals surface area contributed by atoms with Crippen LogP contribution in [0.2, 0.25) is 5.02 Å². The Labute approximate surface area is 183 Å². The predicted molar refractivity (Wildman–Crippen MR) is 116 cm³/mol. The minimum Gasteiger partial charge on any atom is -0.458 e. The number of hydrogen-bond donors (Lipinski definition) is 0. The molecule has 8 heteroatoms. The molecule has 1 atom stereocenters. The van der Waals surface area contributed by atoms with Gasteiger partial charge in [-0.05, 0) is 31.0 Å². The first-order valence-corrected chi connectivity index (χ1v) is 10.4. The Morgan fingerprint density at radius 1 is 1.13 bits per heavy atom. The Kier molecular flexibility index (Phi) is 5.26. The average Bonchev–Trinajstić information content (AvgIpc) is 3.24. The summed E-state index contributed by atoms with van der Waals surface area (Å²) in [6.45, 7) is 1.14. The monoisotopic (exact) mass is 434 g/mol. The fourth-order valence-corrected chi connectivity index (χ4v) is 3.88. The number of likely N-dealkylation sites (tertiary alicyclic amines) is 1. The van der Waals surface area contributed by atoms with Gasteiger partial charge >= 0.3 is 6.01 Å². The van der Waals surface area contributed by atoms with E-state index in [1.807, 2.05) is 42.5 Å². The molecule has 31 heavy (non-hydrogen) atoms. The van der Waals surface area contributed by atoms with E-state index in [4.69, 9.17) is 20.9 Å². The van der Waals surface area contributed by atoms with Gasteiger partial charge in [0.2, 0.25) is 0 Å². The molecule has 156 valence electrons. The maximum absolute atomic E-state index is 13.2. The fraction of sp³-hybridized carbons (Fsp3) is 0.217. The highest BCUT2D eigenvalue weighted by atomic mass is 35.5. The van der Waals surface area contributed by atoms with Crippen LogP contribution in [-0.2, 0) is 0 Å². The Bertz CT molecular complexity index is 1210. The lowest BCUT2D eigenvalue weighted by Crippen LogP contribution is -2.44. The molecule has 0 aliphatic carbocycles. The van der Waals surface area contributed by atoms with Crippen molar-refractivity contribution in [1.29, 1.82) is 0 Å². The topological polar surface area (TPSA) is 81.4 Å². The zero-order valence-corrected chi connectivity index (χ0v) is 17.3. The van der Waals surface area contributed by atoms with Crippen LogP contribution in [0.25, 0.3) is 22.2 Å². The Hall–Kier alpha value is -3.45. The lowest BCUT2D eigenvalue weighted by atomic mass is 10.0. The molecule has 0 N–H and O–H groups in total. The first-order valence-electron chi connectivity index (χ1n) is 10.1. The van der Waals surface area contributed by atoms with E-state index < -0.39 is 0 Å². The maximum Gasteiger partial charge on any atom is 0.316 e. The quantitative estimate of drug-likeness (QED) is 0.466. The molecule has 2 aromatic carbocycles. The first kappa shape index (κ1) is 19.5. The van der Waals surface area contributed by atoms with Gasteiger partial charge < -0.3 is 14.2 Å². The maximum atomic E-state index is 13.2. The average molecular weight is 435 g/mol. The van der Waals surface area contributed by atoms with Gasteiger partial charge in [-0.25, -0.2) is 9.97 Å². The summed E-state index contributed by atoms with van der Waals surface area (Å²) in [4.78, 5) is 23.2. The molecule has 4 aromatic rings. The number of aromatic nitrogens is 3. The molecule has 0 radical (unpaired) electrons. The van der Waals surface area contributed by atoms with E-state index in [0.717, 1.165) is 29.3 Å². The van der Waals surface area contributed by atoms with Crippen LogP contribution in [0, 0.1) is 0 Å². The van der Waals surface area contributed by atoms with E-state index in [-0.39, 0.29) is 18.0 Å². The molecule has 2 aromatic heterocycles. The summed E-state index contributed by atoms with van der Waals surface area (Å²) >= 11 is 5.83. The summed E-state index contributed by atoms with van der Waals surface area (Å²) in [7, 11) is 0. The molecule has 1 aliphatic rings. The van der Waals surface area contributed by atoms with Gasteiger partial charge in [0.05, 0.1) is 29.3 Å². The molecule has 0 spiro atoms. The molecule has 1 amide bonds. The zero-order valence-electron chi connectivity index (χ0n) is 16.6. The Balaban J connectivity index is 1.36. The third-order valence-corrected chi connectivity index (χ3v) is 5.49. The molecule has 1 fully saturated rings. The number of rotatable bonds is 4. The van der Waals surface area contributed by atoms with Gasteiger partial charge in [-0.1, -0.05) is 47.1 Å². The van der Waals surface area contributed by atoms with Gasteiger partial charge in [0.15, 0.2) is 5.76 Å². The Morgan fingerprint density at radius 3 is 2.74 bits per heavy atom. The molecule has 0 unspecified atom stereocenters. The molecular weight excluding hydrogens is 416 g/mol. The third kappa shape index (κ3) is 4.09. The number of nitrogens with zero attached hydrogens (tertiary/aromatic N) is 4. The normalized spacial score (nSPS) is 16.4. The minimum absolute atomic E-state index is 0.0487. The van der Waals surface area contributed by atoms with Crippen molar-refractivity contribution in [1.82, 2.24) is 20.0 Å². The van der Waals surface area contributed by atoms with Gasteiger partial charge in [-0.15, -0.1) is 0 Å². The van der Waals surface area contributed by atoms with Gasteiger partial charge in [0.25, 0.3) is 5.91 Å². The van der Waals surface area contributed by atoms with Gasteiger partial charge in [0.1, 0.15) is 11.6 Å². The summed E-state index contributed by atoms with van der Waals surface area (Å²) in [6, 6.07) is 15.5. The lowest BCUT2D eigenvalue weighted by Gasteiger charge is -2.32. The molecule has 3 heterocycles. The second-order valence-corrected chi connectivity index (χ2v) is 7.86. The van der Waals surface area contributed by atoms with E-state index in [1.54, 1.807) is 11.0 Å². The van der Waals surface area contributed by atoms with Crippen LogP contribution in [0.4, 0.5) is 0 Å².